The Kier molecular flexibility index (Phi) is 6.72. The number of carbonyl (C=O) groups is 2. The number of rotatable bonds is 4. The normalized spacial score (nSPS) is 18.5. The van der Waals surface area contributed by atoms with Gasteiger partial charge in [-0.05, 0) is 61.4 Å². The van der Waals surface area contributed by atoms with Crippen molar-refractivity contribution < 1.29 is 9.59 Å². The number of thiophene rings is 1. The van der Waals surface area contributed by atoms with Gasteiger partial charge >= 0.3 is 0 Å². The van der Waals surface area contributed by atoms with E-state index in [1.807, 2.05) is 30.0 Å². The van der Waals surface area contributed by atoms with Crippen molar-refractivity contribution in [2.24, 2.45) is 11.8 Å². The number of carbonyl (C=O) groups excluding carboxylic acids is 2. The molecule has 3 heterocycles. The molecule has 1 fully saturated rings. The van der Waals surface area contributed by atoms with E-state index < -0.39 is 0 Å². The zero-order valence-electron chi connectivity index (χ0n) is 19.1. The molecule has 0 unspecified atom stereocenters. The molecule has 1 saturated heterocycles. The number of hydrogen-bond acceptors (Lipinski definition) is 5. The average Bonchev–Trinajstić information content (AvgIpc) is 3.08. The van der Waals surface area contributed by atoms with Crippen LogP contribution in [-0.4, -0.2) is 39.4 Å². The maximum Gasteiger partial charge on any atom is 0.266 e. The Morgan fingerprint density at radius 3 is 2.58 bits per heavy atom. The highest BCUT2D eigenvalue weighted by Crippen LogP contribution is 2.29. The third kappa shape index (κ3) is 4.89. The zero-order chi connectivity index (χ0) is 23.9. The minimum Gasteiger partial charge on any atom is -0.341 e. The molecule has 9 heteroatoms. The summed E-state index contributed by atoms with van der Waals surface area (Å²) in [5.41, 5.74) is 1.93. The number of benzene rings is 1. The summed E-state index contributed by atoms with van der Waals surface area (Å²) in [5, 5.41) is 3.32. The van der Waals surface area contributed by atoms with Gasteiger partial charge in [-0.1, -0.05) is 29.8 Å². The second-order valence-electron chi connectivity index (χ2n) is 9.07. The number of nitrogens with one attached hydrogen (secondary N) is 1. The second-order valence-corrected chi connectivity index (χ2v) is 11.0. The lowest BCUT2D eigenvalue weighted by Gasteiger charge is -2.35. The van der Waals surface area contributed by atoms with Crippen molar-refractivity contribution in [3.63, 3.8) is 0 Å². The standard InChI is InChI=1S/C24H27BrN4O3S/c1-13-7-14(2)10-28(9-13)19(30)11-29-12-26-23-20(24(29)32)16(4)21(33-23)22(31)27-18-6-5-17(25)8-15(18)3/h5-6,8,12-14H,7,9-11H2,1-4H3,(H,27,31)/t13-,14-/m1/s1. The molecule has 2 atom stereocenters. The fourth-order valence-corrected chi connectivity index (χ4v) is 6.06. The van der Waals surface area contributed by atoms with Gasteiger partial charge in [-0.2, -0.15) is 0 Å². The van der Waals surface area contributed by atoms with Crippen molar-refractivity contribution in [3.05, 3.63) is 55.4 Å². The first-order valence-corrected chi connectivity index (χ1v) is 12.6. The van der Waals surface area contributed by atoms with Crippen LogP contribution >= 0.6 is 27.3 Å². The molecule has 1 aliphatic heterocycles. The smallest absolute Gasteiger partial charge is 0.266 e. The maximum absolute atomic E-state index is 13.2. The molecule has 0 aliphatic carbocycles. The van der Waals surface area contributed by atoms with Gasteiger partial charge in [0, 0.05) is 23.2 Å². The Morgan fingerprint density at radius 2 is 1.91 bits per heavy atom. The summed E-state index contributed by atoms with van der Waals surface area (Å²) < 4.78 is 2.29. The van der Waals surface area contributed by atoms with E-state index in [0.29, 0.717) is 51.3 Å². The lowest BCUT2D eigenvalue weighted by atomic mass is 9.92. The van der Waals surface area contributed by atoms with Crippen LogP contribution < -0.4 is 10.9 Å². The average molecular weight is 531 g/mol. The van der Waals surface area contributed by atoms with E-state index in [1.165, 1.54) is 22.2 Å². The Morgan fingerprint density at radius 1 is 1.21 bits per heavy atom. The number of halogens is 1. The number of amides is 2. The number of likely N-dealkylation sites (tertiary alicyclic amines) is 1. The molecule has 1 aliphatic rings. The first kappa shape index (κ1) is 23.6. The SMILES string of the molecule is Cc1cc(Br)ccc1NC(=O)c1sc2ncn(CC(=O)N3C[C@H](C)C[C@@H](C)C3)c(=O)c2c1C. The van der Waals surface area contributed by atoms with Crippen molar-refractivity contribution >= 4 is 55.0 Å². The predicted molar refractivity (Wildman–Crippen MR) is 135 cm³/mol. The molecule has 33 heavy (non-hydrogen) atoms. The number of aromatic nitrogens is 2. The van der Waals surface area contributed by atoms with Gasteiger partial charge < -0.3 is 10.2 Å². The molecular formula is C24H27BrN4O3S. The first-order chi connectivity index (χ1) is 15.6. The molecule has 174 valence electrons. The van der Waals surface area contributed by atoms with Crippen LogP contribution in [0, 0.1) is 25.7 Å². The van der Waals surface area contributed by atoms with E-state index >= 15 is 0 Å². The number of nitrogens with zero attached hydrogens (tertiary/aromatic N) is 3. The Bertz CT molecular complexity index is 1290. The lowest BCUT2D eigenvalue weighted by molar-refractivity contribution is -0.134. The molecule has 0 radical (unpaired) electrons. The van der Waals surface area contributed by atoms with E-state index in [2.05, 4.69) is 40.1 Å². The third-order valence-corrected chi connectivity index (χ3v) is 7.78. The largest absolute Gasteiger partial charge is 0.341 e. The van der Waals surface area contributed by atoms with Gasteiger partial charge in [0.15, 0.2) is 0 Å². The van der Waals surface area contributed by atoms with Crippen LogP contribution in [0.4, 0.5) is 5.69 Å². The molecule has 3 aromatic rings. The van der Waals surface area contributed by atoms with E-state index in [-0.39, 0.29) is 23.9 Å². The Labute approximate surface area is 204 Å². The van der Waals surface area contributed by atoms with Crippen LogP contribution in [0.5, 0.6) is 0 Å². The van der Waals surface area contributed by atoms with Gasteiger partial charge in [-0.3, -0.25) is 19.0 Å². The third-order valence-electron chi connectivity index (χ3n) is 6.09. The number of hydrogen-bond donors (Lipinski definition) is 1. The first-order valence-electron chi connectivity index (χ1n) is 11.0. The van der Waals surface area contributed by atoms with Gasteiger partial charge in [0.1, 0.15) is 11.4 Å². The van der Waals surface area contributed by atoms with Gasteiger partial charge in [-0.15, -0.1) is 11.3 Å². The van der Waals surface area contributed by atoms with E-state index in [0.717, 1.165) is 16.5 Å². The highest BCUT2D eigenvalue weighted by atomic mass is 79.9. The van der Waals surface area contributed by atoms with Crippen LogP contribution in [-0.2, 0) is 11.3 Å². The summed E-state index contributed by atoms with van der Waals surface area (Å²) in [6, 6.07) is 5.62. The minimum absolute atomic E-state index is 0.0455. The molecule has 0 bridgehead atoms. The van der Waals surface area contributed by atoms with E-state index in [9.17, 15) is 14.4 Å². The Hall–Kier alpha value is -2.52. The summed E-state index contributed by atoms with van der Waals surface area (Å²) >= 11 is 4.61. The van der Waals surface area contributed by atoms with E-state index in [1.54, 1.807) is 6.92 Å². The monoisotopic (exact) mass is 530 g/mol. The molecular weight excluding hydrogens is 504 g/mol. The molecule has 1 N–H and O–H groups in total. The van der Waals surface area contributed by atoms with Gasteiger partial charge in [0.25, 0.3) is 11.5 Å². The van der Waals surface area contributed by atoms with E-state index in [4.69, 9.17) is 0 Å². The van der Waals surface area contributed by atoms with Crippen LogP contribution in [0.1, 0.15) is 41.1 Å². The topological polar surface area (TPSA) is 84.3 Å². The van der Waals surface area contributed by atoms with Gasteiger partial charge in [-0.25, -0.2) is 4.98 Å². The second kappa shape index (κ2) is 9.38. The summed E-state index contributed by atoms with van der Waals surface area (Å²) in [6.07, 6.45) is 2.52. The van der Waals surface area contributed by atoms with Crippen LogP contribution in [0.2, 0.25) is 0 Å². The van der Waals surface area contributed by atoms with Crippen LogP contribution in [0.15, 0.2) is 33.8 Å². The van der Waals surface area contributed by atoms with Crippen molar-refractivity contribution in [1.82, 2.24) is 14.5 Å². The summed E-state index contributed by atoms with van der Waals surface area (Å²) in [5.74, 6) is 0.543. The minimum atomic E-state index is -0.293. The number of aryl methyl sites for hydroxylation is 2. The van der Waals surface area contributed by atoms with Crippen molar-refractivity contribution in [3.8, 4) is 0 Å². The summed E-state index contributed by atoms with van der Waals surface area (Å²) in [4.78, 5) is 46.2. The molecule has 7 nitrogen and oxygen atoms in total. The molecule has 2 amide bonds. The quantitative estimate of drug-likeness (QED) is 0.534. The van der Waals surface area contributed by atoms with Gasteiger partial charge in [0.05, 0.1) is 16.6 Å². The molecule has 0 saturated carbocycles. The summed E-state index contributed by atoms with van der Waals surface area (Å²) in [6.45, 7) is 9.34. The van der Waals surface area contributed by atoms with Crippen molar-refractivity contribution in [2.45, 2.75) is 40.7 Å². The number of anilines is 1. The molecule has 2 aromatic heterocycles. The highest BCUT2D eigenvalue weighted by Gasteiger charge is 2.26. The molecule has 4 rings (SSSR count). The molecule has 0 spiro atoms. The predicted octanol–water partition coefficient (Wildman–Crippen LogP) is 4.59. The fraction of sp³-hybridized carbons (Fsp3) is 0.417. The number of fused-ring (bicyclic) bond motifs is 1. The summed E-state index contributed by atoms with van der Waals surface area (Å²) in [7, 11) is 0. The fourth-order valence-electron chi connectivity index (χ4n) is 4.55. The van der Waals surface area contributed by atoms with Crippen molar-refractivity contribution in [1.29, 1.82) is 0 Å². The molecule has 1 aromatic carbocycles. The zero-order valence-corrected chi connectivity index (χ0v) is 21.5. The highest BCUT2D eigenvalue weighted by molar-refractivity contribution is 9.10. The van der Waals surface area contributed by atoms with Crippen LogP contribution in [0.25, 0.3) is 10.2 Å². The van der Waals surface area contributed by atoms with Crippen LogP contribution in [0.3, 0.4) is 0 Å². The van der Waals surface area contributed by atoms with Gasteiger partial charge in [0.2, 0.25) is 5.91 Å². The van der Waals surface area contributed by atoms with Crippen molar-refractivity contribution in [2.75, 3.05) is 18.4 Å². The number of piperidine rings is 1. The maximum atomic E-state index is 13.2. The Balaban J connectivity index is 1.59. The lowest BCUT2D eigenvalue weighted by Crippen LogP contribution is -2.44.